The predicted molar refractivity (Wildman–Crippen MR) is 162 cm³/mol. The van der Waals surface area contributed by atoms with Crippen LogP contribution in [0.4, 0.5) is 0 Å². The quantitative estimate of drug-likeness (QED) is 0.195. The molecule has 2 aromatic carbocycles. The first-order valence-corrected chi connectivity index (χ1v) is 14.1. The summed E-state index contributed by atoms with van der Waals surface area (Å²) in [5.41, 5.74) is 6.47. The van der Waals surface area contributed by atoms with E-state index >= 15 is 0 Å². The number of ketones is 1. The molecule has 0 bridgehead atoms. The lowest BCUT2D eigenvalue weighted by atomic mass is 9.90. The Kier molecular flexibility index (Phi) is 7.73. The summed E-state index contributed by atoms with van der Waals surface area (Å²) in [4.78, 5) is 26.9. The fourth-order valence-corrected chi connectivity index (χ4v) is 5.98. The molecule has 0 radical (unpaired) electrons. The van der Waals surface area contributed by atoms with Gasteiger partial charge in [0.2, 0.25) is 5.88 Å². The van der Waals surface area contributed by atoms with Gasteiger partial charge in [0.1, 0.15) is 11.1 Å². The third-order valence-electron chi connectivity index (χ3n) is 6.41. The molecule has 5 rings (SSSR count). The van der Waals surface area contributed by atoms with Crippen molar-refractivity contribution in [1.82, 2.24) is 15.0 Å². The van der Waals surface area contributed by atoms with Crippen LogP contribution in [0.15, 0.2) is 67.0 Å². The fourth-order valence-electron chi connectivity index (χ4n) is 4.73. The fraction of sp³-hybridized carbons (Fsp3) is 0.250. The lowest BCUT2D eigenvalue weighted by Crippen LogP contribution is -2.27. The molecule has 0 amide bonds. The third-order valence-corrected chi connectivity index (χ3v) is 7.80. The van der Waals surface area contributed by atoms with E-state index in [4.69, 9.17) is 26.1 Å². The Balaban J connectivity index is 1.74. The number of rotatable bonds is 7. The minimum atomic E-state index is -0.730. The van der Waals surface area contributed by atoms with Crippen LogP contribution in [0.2, 0.25) is 5.02 Å². The topological polar surface area (TPSA) is 74.2 Å². The van der Waals surface area contributed by atoms with E-state index in [2.05, 4.69) is 9.97 Å². The van der Waals surface area contributed by atoms with Gasteiger partial charge in [-0.3, -0.25) is 9.78 Å². The molecule has 0 saturated heterocycles. The molecule has 0 saturated carbocycles. The van der Waals surface area contributed by atoms with Crippen LogP contribution in [0.1, 0.15) is 44.9 Å². The van der Waals surface area contributed by atoms with Crippen molar-refractivity contribution >= 4 is 38.9 Å². The summed E-state index contributed by atoms with van der Waals surface area (Å²) in [6.07, 6.45) is 2.73. The van der Waals surface area contributed by atoms with Crippen LogP contribution in [0.3, 0.4) is 0 Å². The van der Waals surface area contributed by atoms with Crippen molar-refractivity contribution in [3.8, 4) is 38.8 Å². The predicted octanol–water partition coefficient (Wildman–Crippen LogP) is 8.50. The number of hydrogen-bond donors (Lipinski definition) is 0. The molecule has 1 atom stereocenters. The zero-order chi connectivity index (χ0) is 28.6. The van der Waals surface area contributed by atoms with E-state index in [1.165, 1.54) is 0 Å². The first-order chi connectivity index (χ1) is 19.1. The highest BCUT2D eigenvalue weighted by molar-refractivity contribution is 7.22. The SMILES string of the molecule is COc1ncccc1-c1cc(-c2nc3cc(C)c([C@H](OC(C)(C)C)C(C)=O)c(-c4ccc(Cl)cc4)c3s2)ccn1. The maximum atomic E-state index is 13.0. The number of aromatic nitrogens is 3. The number of carbonyl (C=O) groups excluding carboxylic acids is 1. The van der Waals surface area contributed by atoms with Crippen molar-refractivity contribution < 1.29 is 14.3 Å². The molecule has 0 aliphatic carbocycles. The first-order valence-electron chi connectivity index (χ1n) is 12.9. The molecule has 40 heavy (non-hydrogen) atoms. The lowest BCUT2D eigenvalue weighted by Gasteiger charge is -2.29. The average molecular weight is 572 g/mol. The molecule has 0 unspecified atom stereocenters. The number of methoxy groups -OCH3 is 1. The van der Waals surface area contributed by atoms with Gasteiger partial charge in [-0.05, 0) is 88.2 Å². The van der Waals surface area contributed by atoms with Gasteiger partial charge < -0.3 is 9.47 Å². The van der Waals surface area contributed by atoms with Crippen LogP contribution in [-0.4, -0.2) is 33.4 Å². The van der Waals surface area contributed by atoms with Gasteiger partial charge in [0.05, 0.1) is 34.2 Å². The largest absolute Gasteiger partial charge is 0.481 e. The van der Waals surface area contributed by atoms with Gasteiger partial charge in [-0.15, -0.1) is 11.3 Å². The van der Waals surface area contributed by atoms with Crippen LogP contribution in [0.25, 0.3) is 43.2 Å². The number of pyridine rings is 2. The summed E-state index contributed by atoms with van der Waals surface area (Å²) in [7, 11) is 1.60. The number of carbonyl (C=O) groups is 1. The standard InChI is InChI=1S/C32H30ClN3O3S/c1-18-16-25-29(27(20-9-11-22(33)12-10-20)26(18)28(19(2)37)39-32(3,4)5)40-31(36-25)21-13-15-34-24(17-21)23-8-7-14-35-30(23)38-6/h7-17,28H,1-6H3/t28-/m1/s1. The summed E-state index contributed by atoms with van der Waals surface area (Å²) in [6, 6.07) is 17.5. The Labute approximate surface area is 243 Å². The summed E-state index contributed by atoms with van der Waals surface area (Å²) in [5.74, 6) is 0.456. The Morgan fingerprint density at radius 3 is 2.42 bits per heavy atom. The molecule has 3 aromatic heterocycles. The number of aryl methyl sites for hydroxylation is 1. The second-order valence-corrected chi connectivity index (χ2v) is 12.0. The molecule has 0 fully saturated rings. The molecular weight excluding hydrogens is 542 g/mol. The first kappa shape index (κ1) is 27.9. The molecule has 8 heteroatoms. The molecule has 0 aliphatic rings. The highest BCUT2D eigenvalue weighted by atomic mass is 35.5. The molecule has 0 aliphatic heterocycles. The number of ether oxygens (including phenoxy) is 2. The Morgan fingerprint density at radius 2 is 1.75 bits per heavy atom. The van der Waals surface area contributed by atoms with E-state index in [1.54, 1.807) is 37.8 Å². The summed E-state index contributed by atoms with van der Waals surface area (Å²) in [5, 5.41) is 1.48. The van der Waals surface area contributed by atoms with Crippen molar-refractivity contribution in [1.29, 1.82) is 0 Å². The summed E-state index contributed by atoms with van der Waals surface area (Å²) in [6.45, 7) is 9.47. The molecule has 6 nitrogen and oxygen atoms in total. The van der Waals surface area contributed by atoms with Crippen molar-refractivity contribution in [3.05, 3.63) is 83.1 Å². The van der Waals surface area contributed by atoms with E-state index in [0.29, 0.717) is 10.9 Å². The molecule has 0 spiro atoms. The minimum Gasteiger partial charge on any atom is -0.481 e. The number of benzene rings is 2. The number of thiazole rings is 1. The van der Waals surface area contributed by atoms with E-state index in [1.807, 2.05) is 82.3 Å². The molecule has 204 valence electrons. The van der Waals surface area contributed by atoms with Crippen LogP contribution < -0.4 is 4.74 Å². The molecular formula is C32H30ClN3O3S. The van der Waals surface area contributed by atoms with Crippen molar-refractivity contribution in [2.45, 2.75) is 46.3 Å². The normalized spacial score (nSPS) is 12.5. The van der Waals surface area contributed by atoms with Crippen LogP contribution in [0.5, 0.6) is 5.88 Å². The maximum absolute atomic E-state index is 13.0. The van der Waals surface area contributed by atoms with Crippen molar-refractivity contribution in [3.63, 3.8) is 0 Å². The lowest BCUT2D eigenvalue weighted by molar-refractivity contribution is -0.138. The van der Waals surface area contributed by atoms with E-state index in [0.717, 1.165) is 54.3 Å². The number of halogens is 1. The van der Waals surface area contributed by atoms with E-state index in [-0.39, 0.29) is 5.78 Å². The third kappa shape index (κ3) is 5.63. The van der Waals surface area contributed by atoms with E-state index in [9.17, 15) is 4.79 Å². The monoisotopic (exact) mass is 571 g/mol. The summed E-state index contributed by atoms with van der Waals surface area (Å²) < 4.78 is 12.8. The van der Waals surface area contributed by atoms with Crippen LogP contribution >= 0.6 is 22.9 Å². The van der Waals surface area contributed by atoms with Crippen LogP contribution in [-0.2, 0) is 9.53 Å². The zero-order valence-electron chi connectivity index (χ0n) is 23.3. The maximum Gasteiger partial charge on any atom is 0.222 e. The summed E-state index contributed by atoms with van der Waals surface area (Å²) >= 11 is 7.83. The Morgan fingerprint density at radius 1 is 1.00 bits per heavy atom. The van der Waals surface area contributed by atoms with Gasteiger partial charge in [0.25, 0.3) is 0 Å². The Bertz CT molecular complexity index is 1710. The average Bonchev–Trinajstić information content (AvgIpc) is 3.35. The highest BCUT2D eigenvalue weighted by Gasteiger charge is 2.30. The number of fused-ring (bicyclic) bond motifs is 1. The number of nitrogens with zero attached hydrogens (tertiary/aromatic N) is 3. The van der Waals surface area contributed by atoms with Gasteiger partial charge in [0.15, 0.2) is 5.78 Å². The zero-order valence-corrected chi connectivity index (χ0v) is 24.9. The molecule has 3 heterocycles. The van der Waals surface area contributed by atoms with Gasteiger partial charge in [-0.1, -0.05) is 23.7 Å². The van der Waals surface area contributed by atoms with Crippen LogP contribution in [0, 0.1) is 6.92 Å². The van der Waals surface area contributed by atoms with Crippen molar-refractivity contribution in [2.75, 3.05) is 7.11 Å². The van der Waals surface area contributed by atoms with E-state index < -0.39 is 11.7 Å². The van der Waals surface area contributed by atoms with Gasteiger partial charge >= 0.3 is 0 Å². The number of Topliss-reactive ketones (excluding diaryl/α,β-unsaturated/α-hetero) is 1. The van der Waals surface area contributed by atoms with Gasteiger partial charge in [-0.2, -0.15) is 0 Å². The second kappa shape index (κ2) is 11.1. The molecule has 0 N–H and O–H groups in total. The highest BCUT2D eigenvalue weighted by Crippen LogP contribution is 2.44. The smallest absolute Gasteiger partial charge is 0.222 e. The Hall–Kier alpha value is -3.65. The van der Waals surface area contributed by atoms with Crippen molar-refractivity contribution in [2.24, 2.45) is 0 Å². The molecule has 5 aromatic rings. The second-order valence-electron chi connectivity index (χ2n) is 10.6. The minimum absolute atomic E-state index is 0.0541. The van der Waals surface area contributed by atoms with Gasteiger partial charge in [0, 0.05) is 34.1 Å². The number of hydrogen-bond acceptors (Lipinski definition) is 7. The van der Waals surface area contributed by atoms with Gasteiger partial charge in [-0.25, -0.2) is 9.97 Å².